The molecule has 0 radical (unpaired) electrons. The molecule has 7 nitrogen and oxygen atoms in total. The number of hydrogen-bond donors (Lipinski definition) is 2. The zero-order valence-electron chi connectivity index (χ0n) is 16.7. The first-order valence-corrected chi connectivity index (χ1v) is 10.7. The van der Waals surface area contributed by atoms with E-state index in [1.165, 1.54) is 32.1 Å². The van der Waals surface area contributed by atoms with Crippen LogP contribution >= 0.6 is 0 Å². The molecule has 0 aromatic carbocycles. The maximum absolute atomic E-state index is 4.82. The highest BCUT2D eigenvalue weighted by Crippen LogP contribution is 2.35. The van der Waals surface area contributed by atoms with Crippen LogP contribution in [-0.4, -0.2) is 45.1 Å². The summed E-state index contributed by atoms with van der Waals surface area (Å²) in [6, 6.07) is 6.85. The predicted octanol–water partition coefficient (Wildman–Crippen LogP) is 4.06. The molecule has 0 amide bonds. The Kier molecular flexibility index (Phi) is 4.53. The Hall–Kier alpha value is -2.44. The minimum Gasteiger partial charge on any atom is -0.356 e. The van der Waals surface area contributed by atoms with E-state index < -0.39 is 0 Å². The van der Waals surface area contributed by atoms with Gasteiger partial charge in [0.2, 0.25) is 11.9 Å². The van der Waals surface area contributed by atoms with Crippen LogP contribution in [0, 0.1) is 11.8 Å². The average Bonchev–Trinajstić information content (AvgIpc) is 3.53. The Labute approximate surface area is 169 Å². The van der Waals surface area contributed by atoms with Gasteiger partial charge < -0.3 is 15.5 Å². The topological polar surface area (TPSA) is 78.9 Å². The molecular weight excluding hydrogens is 350 g/mol. The quantitative estimate of drug-likeness (QED) is 0.712. The normalized spacial score (nSPS) is 21.0. The molecule has 2 aromatic heterocycles. The molecule has 3 aliphatic rings. The van der Waals surface area contributed by atoms with Gasteiger partial charge in [-0.25, -0.2) is 4.98 Å². The van der Waals surface area contributed by atoms with Crippen molar-refractivity contribution in [2.75, 3.05) is 28.6 Å². The third kappa shape index (κ3) is 3.88. The van der Waals surface area contributed by atoms with E-state index in [0.717, 1.165) is 36.4 Å². The summed E-state index contributed by atoms with van der Waals surface area (Å²) in [5.41, 5.74) is 0.802. The Morgan fingerprint density at radius 3 is 2.00 bits per heavy atom. The van der Waals surface area contributed by atoms with Crippen LogP contribution in [0.1, 0.15) is 48.8 Å². The molecule has 5 rings (SSSR count). The molecule has 0 spiro atoms. The molecular formula is C21H33N7. The van der Waals surface area contributed by atoms with Crippen molar-refractivity contribution in [3.8, 4) is 11.5 Å². The number of aromatic nitrogens is 4. The molecule has 152 valence electrons. The van der Waals surface area contributed by atoms with Gasteiger partial charge in [-0.15, -0.1) is 0 Å². The molecule has 2 aromatic rings. The van der Waals surface area contributed by atoms with Gasteiger partial charge in [0.25, 0.3) is 0 Å². The summed E-state index contributed by atoms with van der Waals surface area (Å²) in [5, 5.41) is 6.98. The lowest BCUT2D eigenvalue weighted by molar-refractivity contribution is 0.610. The van der Waals surface area contributed by atoms with Gasteiger partial charge in [0.1, 0.15) is 11.5 Å². The van der Waals surface area contributed by atoms with Gasteiger partial charge in [-0.2, -0.15) is 15.0 Å². The van der Waals surface area contributed by atoms with Gasteiger partial charge in [-0.3, -0.25) is 0 Å². The molecule has 1 saturated heterocycles. The monoisotopic (exact) mass is 383 g/mol. The average molecular weight is 384 g/mol. The molecule has 1 aliphatic heterocycles. The number of nitrogens with one attached hydrogen (secondary N) is 2. The van der Waals surface area contributed by atoms with Crippen LogP contribution in [0.3, 0.4) is 0 Å². The van der Waals surface area contributed by atoms with Crippen LogP contribution < -0.4 is 15.5 Å². The SMILES string of the molecule is C[C@@H](Nc1nc(N[C@H](C)C2CC2)nc(-c2cccc(N3CCC3)n2)n1)C1CC1.[HH].[HH]. The number of pyridine rings is 1. The first-order chi connectivity index (χ1) is 13.7. The highest BCUT2D eigenvalue weighted by atomic mass is 15.3. The van der Waals surface area contributed by atoms with Crippen LogP contribution in [0.4, 0.5) is 17.7 Å². The minimum absolute atomic E-state index is 0. The Morgan fingerprint density at radius 1 is 0.893 bits per heavy atom. The summed E-state index contributed by atoms with van der Waals surface area (Å²) in [6.07, 6.45) is 6.38. The Balaban J connectivity index is 0.00000128. The van der Waals surface area contributed by atoms with E-state index in [4.69, 9.17) is 15.0 Å². The molecule has 2 atom stereocenters. The second kappa shape index (κ2) is 7.18. The summed E-state index contributed by atoms with van der Waals surface area (Å²) in [4.78, 5) is 21.2. The lowest BCUT2D eigenvalue weighted by Crippen LogP contribution is -2.37. The second-order valence-corrected chi connectivity index (χ2v) is 8.57. The van der Waals surface area contributed by atoms with Crippen molar-refractivity contribution in [1.29, 1.82) is 0 Å². The van der Waals surface area contributed by atoms with Crippen molar-refractivity contribution in [3.05, 3.63) is 18.2 Å². The van der Waals surface area contributed by atoms with Gasteiger partial charge in [-0.05, 0) is 69.9 Å². The summed E-state index contributed by atoms with van der Waals surface area (Å²) in [6.45, 7) is 6.57. The van der Waals surface area contributed by atoms with Crippen molar-refractivity contribution in [3.63, 3.8) is 0 Å². The molecule has 0 bridgehead atoms. The molecule has 7 heteroatoms. The molecule has 2 N–H and O–H groups in total. The van der Waals surface area contributed by atoms with E-state index in [2.05, 4.69) is 40.4 Å². The van der Waals surface area contributed by atoms with E-state index in [1.54, 1.807) is 0 Å². The van der Waals surface area contributed by atoms with Crippen molar-refractivity contribution in [2.24, 2.45) is 11.8 Å². The van der Waals surface area contributed by atoms with Crippen LogP contribution in [-0.2, 0) is 0 Å². The minimum atomic E-state index is 0. The maximum Gasteiger partial charge on any atom is 0.228 e. The predicted molar refractivity (Wildman–Crippen MR) is 116 cm³/mol. The number of nitrogens with zero attached hydrogens (tertiary/aromatic N) is 5. The lowest BCUT2D eigenvalue weighted by atomic mass is 10.2. The third-order valence-electron chi connectivity index (χ3n) is 6.15. The van der Waals surface area contributed by atoms with Gasteiger partial charge in [0, 0.05) is 28.0 Å². The van der Waals surface area contributed by atoms with Crippen molar-refractivity contribution in [1.82, 2.24) is 19.9 Å². The number of rotatable bonds is 8. The Bertz CT molecular complexity index is 815. The molecule has 3 fully saturated rings. The van der Waals surface area contributed by atoms with Crippen LogP contribution in [0.25, 0.3) is 11.5 Å². The Morgan fingerprint density at radius 2 is 1.50 bits per heavy atom. The highest BCUT2D eigenvalue weighted by Gasteiger charge is 2.30. The van der Waals surface area contributed by atoms with Crippen LogP contribution in [0.5, 0.6) is 0 Å². The standard InChI is InChI=1S/C21H29N7.2H2/c1-13(15-7-8-15)22-20-25-19(26-21(27-20)23-14(2)16-9-10-16)17-5-3-6-18(24-17)28-11-4-12-28;;/h3,5-6,13-16H,4,7-12H2,1-2H3,(H2,22,23,25,26,27);2*1H/t13-,14-;;/m1../s1. The van der Waals surface area contributed by atoms with Gasteiger partial charge >= 0.3 is 0 Å². The van der Waals surface area contributed by atoms with E-state index >= 15 is 0 Å². The number of anilines is 3. The summed E-state index contributed by atoms with van der Waals surface area (Å²) >= 11 is 0. The van der Waals surface area contributed by atoms with Gasteiger partial charge in [0.05, 0.1) is 0 Å². The highest BCUT2D eigenvalue weighted by molar-refractivity contribution is 5.57. The summed E-state index contributed by atoms with van der Waals surface area (Å²) in [7, 11) is 0. The lowest BCUT2D eigenvalue weighted by Gasteiger charge is -2.32. The van der Waals surface area contributed by atoms with E-state index in [9.17, 15) is 0 Å². The second-order valence-electron chi connectivity index (χ2n) is 8.57. The third-order valence-corrected chi connectivity index (χ3v) is 6.15. The molecule has 28 heavy (non-hydrogen) atoms. The van der Waals surface area contributed by atoms with E-state index in [0.29, 0.717) is 29.8 Å². The molecule has 3 heterocycles. The van der Waals surface area contributed by atoms with E-state index in [1.807, 2.05) is 12.1 Å². The fourth-order valence-corrected chi connectivity index (χ4v) is 3.72. The molecule has 0 unspecified atom stereocenters. The van der Waals surface area contributed by atoms with Crippen LogP contribution in [0.15, 0.2) is 18.2 Å². The van der Waals surface area contributed by atoms with Crippen LogP contribution in [0.2, 0.25) is 0 Å². The first kappa shape index (κ1) is 17.6. The smallest absolute Gasteiger partial charge is 0.228 e. The summed E-state index contributed by atoms with van der Waals surface area (Å²) < 4.78 is 0. The number of hydrogen-bond acceptors (Lipinski definition) is 7. The summed E-state index contributed by atoms with van der Waals surface area (Å²) in [5.74, 6) is 4.39. The van der Waals surface area contributed by atoms with Gasteiger partial charge in [0.15, 0.2) is 5.82 Å². The van der Waals surface area contributed by atoms with Gasteiger partial charge in [-0.1, -0.05) is 6.07 Å². The first-order valence-electron chi connectivity index (χ1n) is 10.7. The zero-order chi connectivity index (χ0) is 19.1. The largest absolute Gasteiger partial charge is 0.356 e. The fourth-order valence-electron chi connectivity index (χ4n) is 3.72. The zero-order valence-corrected chi connectivity index (χ0v) is 16.7. The fraction of sp³-hybridized carbons (Fsp3) is 0.619. The van der Waals surface area contributed by atoms with E-state index in [-0.39, 0.29) is 2.85 Å². The van der Waals surface area contributed by atoms with Crippen molar-refractivity contribution >= 4 is 17.7 Å². The molecule has 2 aliphatic carbocycles. The molecule has 2 saturated carbocycles. The van der Waals surface area contributed by atoms with Crippen molar-refractivity contribution in [2.45, 2.75) is 58.0 Å². The van der Waals surface area contributed by atoms with Crippen molar-refractivity contribution < 1.29 is 2.85 Å². The maximum atomic E-state index is 4.82.